The van der Waals surface area contributed by atoms with Gasteiger partial charge < -0.3 is 4.90 Å². The molecule has 1 fully saturated rings. The van der Waals surface area contributed by atoms with E-state index < -0.39 is 0 Å². The maximum atomic E-state index is 4.53. The molecule has 1 saturated heterocycles. The Balaban J connectivity index is 1.77. The molecular weight excluding hydrogens is 224 g/mol. The van der Waals surface area contributed by atoms with E-state index in [1.165, 1.54) is 54.2 Å². The van der Waals surface area contributed by atoms with E-state index in [9.17, 15) is 0 Å². The van der Waals surface area contributed by atoms with Crippen molar-refractivity contribution in [1.29, 1.82) is 0 Å². The second-order valence-corrected chi connectivity index (χ2v) is 5.51. The van der Waals surface area contributed by atoms with Crippen molar-refractivity contribution in [3.05, 3.63) is 30.3 Å². The van der Waals surface area contributed by atoms with E-state index in [0.717, 1.165) is 26.1 Å². The zero-order chi connectivity index (χ0) is 12.4. The van der Waals surface area contributed by atoms with Crippen LogP contribution in [0.3, 0.4) is 0 Å². The second-order valence-electron chi connectivity index (χ2n) is 5.51. The largest absolute Gasteiger partial charge is 0.463 e. The fourth-order valence-corrected chi connectivity index (χ4v) is 3.02. The molecule has 1 aromatic heterocycles. The van der Waals surface area contributed by atoms with Crippen LogP contribution in [0.15, 0.2) is 6.33 Å². The normalized spacial score (nSPS) is 24.8. The summed E-state index contributed by atoms with van der Waals surface area (Å²) in [5.41, 5.74) is 3.87. The van der Waals surface area contributed by atoms with Crippen LogP contribution in [0, 0.1) is 7.05 Å². The number of nitrogens with zero attached hydrogens (tertiary/aromatic N) is 3. The zero-order valence-electron chi connectivity index (χ0n) is 11.0. The molecule has 4 heteroatoms. The summed E-state index contributed by atoms with van der Waals surface area (Å²) in [6.07, 6.45) is 6.88. The summed E-state index contributed by atoms with van der Waals surface area (Å²) in [6.45, 7) is 5.52. The Kier molecular flexibility index (Phi) is 3.57. The lowest BCUT2D eigenvalue weighted by Gasteiger charge is -2.30. The van der Waals surface area contributed by atoms with E-state index in [-0.39, 0.29) is 0 Å². The summed E-state index contributed by atoms with van der Waals surface area (Å²) in [4.78, 5) is 12.8. The Hall–Kier alpha value is -1.00. The molecule has 0 aliphatic carbocycles. The van der Waals surface area contributed by atoms with Crippen LogP contribution in [0.5, 0.6) is 0 Å². The van der Waals surface area contributed by atoms with Crippen molar-refractivity contribution in [3.8, 4) is 0 Å². The van der Waals surface area contributed by atoms with Gasteiger partial charge in [-0.25, -0.2) is 9.97 Å². The Morgan fingerprint density at radius 3 is 2.89 bits per heavy atom. The van der Waals surface area contributed by atoms with Gasteiger partial charge in [-0.1, -0.05) is 6.42 Å². The van der Waals surface area contributed by atoms with Gasteiger partial charge in [0.1, 0.15) is 6.33 Å². The van der Waals surface area contributed by atoms with Gasteiger partial charge in [0.25, 0.3) is 0 Å². The van der Waals surface area contributed by atoms with E-state index in [4.69, 9.17) is 0 Å². The van der Waals surface area contributed by atoms with Crippen molar-refractivity contribution < 1.29 is 4.90 Å². The summed E-state index contributed by atoms with van der Waals surface area (Å²) in [6, 6.07) is 0. The van der Waals surface area contributed by atoms with Crippen LogP contribution in [0.2, 0.25) is 0 Å². The molecule has 0 bridgehead atoms. The molecule has 3 heterocycles. The van der Waals surface area contributed by atoms with Crippen molar-refractivity contribution >= 4 is 0 Å². The molecule has 2 aliphatic heterocycles. The minimum Gasteiger partial charge on any atom is -0.463 e. The minimum atomic E-state index is 0.949. The maximum Gasteiger partial charge on any atom is 0.116 e. The number of likely N-dealkylation sites (tertiary alicyclic amines) is 1. The molecule has 1 N–H and O–H groups in total. The molecule has 1 aromatic rings. The van der Waals surface area contributed by atoms with Gasteiger partial charge in [0, 0.05) is 18.5 Å². The smallest absolute Gasteiger partial charge is 0.116 e. The molecule has 0 saturated carbocycles. The quantitative estimate of drug-likeness (QED) is 0.757. The Labute approximate surface area is 109 Å². The minimum absolute atomic E-state index is 0.949. The van der Waals surface area contributed by atoms with Gasteiger partial charge >= 0.3 is 0 Å². The lowest BCUT2D eigenvalue weighted by Crippen LogP contribution is -3.06. The van der Waals surface area contributed by atoms with E-state index in [2.05, 4.69) is 21.9 Å². The van der Waals surface area contributed by atoms with Gasteiger partial charge in [0.2, 0.25) is 0 Å². The van der Waals surface area contributed by atoms with Crippen LogP contribution < -0.4 is 4.90 Å². The molecule has 0 radical (unpaired) electrons. The van der Waals surface area contributed by atoms with Crippen LogP contribution in [0.25, 0.3) is 0 Å². The number of rotatable bonds is 2. The topological polar surface area (TPSA) is 33.5 Å². The van der Waals surface area contributed by atoms with E-state index >= 15 is 0 Å². The van der Waals surface area contributed by atoms with Gasteiger partial charge in [-0.05, 0) is 25.9 Å². The van der Waals surface area contributed by atoms with Crippen molar-refractivity contribution in [2.75, 3.05) is 19.6 Å². The molecule has 0 amide bonds. The maximum absolute atomic E-state index is 4.53. The highest BCUT2D eigenvalue weighted by Crippen LogP contribution is 2.17. The third-order valence-electron chi connectivity index (χ3n) is 4.09. The number of fused-ring (bicyclic) bond motifs is 1. The number of piperidine rings is 1. The summed E-state index contributed by atoms with van der Waals surface area (Å²) >= 11 is 0. The van der Waals surface area contributed by atoms with E-state index in [1.54, 1.807) is 6.33 Å². The van der Waals surface area contributed by atoms with Crippen LogP contribution in [-0.2, 0) is 19.5 Å². The predicted octanol–water partition coefficient (Wildman–Crippen LogP) is 0.195. The fraction of sp³-hybridized carbons (Fsp3) is 0.643. The first kappa shape index (κ1) is 12.1. The summed E-state index contributed by atoms with van der Waals surface area (Å²) < 4.78 is 0. The number of hydrogen-bond acceptors (Lipinski definition) is 3. The lowest BCUT2D eigenvalue weighted by molar-refractivity contribution is -0.870. The fourth-order valence-electron chi connectivity index (χ4n) is 3.02. The number of aromatic nitrogens is 2. The highest BCUT2D eigenvalue weighted by atomic mass is 15.1. The van der Waals surface area contributed by atoms with E-state index in [1.807, 2.05) is 0 Å². The highest BCUT2D eigenvalue weighted by molar-refractivity contribution is 5.25. The third kappa shape index (κ3) is 2.54. The standard InChI is InChI=1S/C14H22N4/c1-17-8-5-12-13(9-17)15-11-16-14(12)10-18-6-3-2-4-7-18/h11,17H,1-10H2. The van der Waals surface area contributed by atoms with Gasteiger partial charge in [-0.3, -0.25) is 4.90 Å². The molecule has 98 valence electrons. The molecular formula is C14H22N4. The summed E-state index contributed by atoms with van der Waals surface area (Å²) in [5, 5.41) is 0. The SMILES string of the molecule is [CH2-][NH+]1CCc2c(CN3CCCCC3)ncnc2C1. The van der Waals surface area contributed by atoms with Gasteiger partial charge in [-0.2, -0.15) is 7.05 Å². The molecule has 3 rings (SSSR count). The molecule has 0 aromatic carbocycles. The van der Waals surface area contributed by atoms with Crippen molar-refractivity contribution in [2.45, 2.75) is 38.8 Å². The average molecular weight is 246 g/mol. The lowest BCUT2D eigenvalue weighted by atomic mass is 10.0. The number of quaternary nitrogens is 1. The van der Waals surface area contributed by atoms with Crippen LogP contribution in [0.1, 0.15) is 36.2 Å². The number of nitrogens with one attached hydrogen (secondary N) is 1. The Morgan fingerprint density at radius 2 is 2.06 bits per heavy atom. The van der Waals surface area contributed by atoms with E-state index in [0.29, 0.717) is 0 Å². The highest BCUT2D eigenvalue weighted by Gasteiger charge is 2.20. The summed E-state index contributed by atoms with van der Waals surface area (Å²) in [7, 11) is 4.09. The van der Waals surface area contributed by atoms with Gasteiger partial charge in [-0.15, -0.1) is 0 Å². The summed E-state index contributed by atoms with van der Waals surface area (Å²) in [5.74, 6) is 0. The molecule has 4 nitrogen and oxygen atoms in total. The Bertz CT molecular complexity index is 412. The Morgan fingerprint density at radius 1 is 1.22 bits per heavy atom. The van der Waals surface area contributed by atoms with Crippen LogP contribution >= 0.6 is 0 Å². The predicted molar refractivity (Wildman–Crippen MR) is 69.8 cm³/mol. The third-order valence-corrected chi connectivity index (χ3v) is 4.09. The molecule has 1 unspecified atom stereocenters. The van der Waals surface area contributed by atoms with Crippen molar-refractivity contribution in [2.24, 2.45) is 0 Å². The van der Waals surface area contributed by atoms with Crippen LogP contribution in [-0.4, -0.2) is 34.5 Å². The second kappa shape index (κ2) is 5.33. The zero-order valence-corrected chi connectivity index (χ0v) is 11.0. The van der Waals surface area contributed by atoms with Crippen molar-refractivity contribution in [1.82, 2.24) is 14.9 Å². The van der Waals surface area contributed by atoms with Crippen LogP contribution in [0.4, 0.5) is 0 Å². The molecule has 18 heavy (non-hydrogen) atoms. The molecule has 0 spiro atoms. The number of hydrogen-bond donors (Lipinski definition) is 1. The average Bonchev–Trinajstić information content (AvgIpc) is 2.40. The van der Waals surface area contributed by atoms with Gasteiger partial charge in [0.15, 0.2) is 0 Å². The first-order valence-corrected chi connectivity index (χ1v) is 7.03. The molecule has 1 atom stereocenters. The molecule has 2 aliphatic rings. The van der Waals surface area contributed by atoms with Crippen molar-refractivity contribution in [3.63, 3.8) is 0 Å². The first-order valence-electron chi connectivity index (χ1n) is 7.03. The first-order chi connectivity index (χ1) is 8.83. The monoisotopic (exact) mass is 246 g/mol. The van der Waals surface area contributed by atoms with Gasteiger partial charge in [0.05, 0.1) is 24.5 Å².